The molecular formula is C19H21ClN4O3S. The van der Waals surface area contributed by atoms with Gasteiger partial charge in [0.2, 0.25) is 5.88 Å². The number of aromatic nitrogens is 3. The molecule has 1 N–H and O–H groups in total. The highest BCUT2D eigenvalue weighted by atomic mass is 35.5. The first-order chi connectivity index (χ1) is 13.3. The molecule has 2 heterocycles. The number of carbonyl (C=O) groups excluding carboxylic acids is 1. The molecule has 148 valence electrons. The molecule has 0 aliphatic rings. The van der Waals surface area contributed by atoms with Crippen LogP contribution in [0.15, 0.2) is 30.5 Å². The van der Waals surface area contributed by atoms with Gasteiger partial charge in [-0.15, -0.1) is 0 Å². The summed E-state index contributed by atoms with van der Waals surface area (Å²) in [5.74, 6) is 0.360. The summed E-state index contributed by atoms with van der Waals surface area (Å²) in [5.41, 5.74) is 2.65. The summed E-state index contributed by atoms with van der Waals surface area (Å²) in [7, 11) is 1.81. The lowest BCUT2D eigenvalue weighted by atomic mass is 10.1. The summed E-state index contributed by atoms with van der Waals surface area (Å²) < 4.78 is 20.9. The second kappa shape index (κ2) is 8.38. The molecule has 1 aromatic carbocycles. The van der Waals surface area contributed by atoms with Crippen molar-refractivity contribution in [3.63, 3.8) is 0 Å². The topological polar surface area (TPSA) is 92.1 Å². The summed E-state index contributed by atoms with van der Waals surface area (Å²) in [6.45, 7) is 4.64. The second-order valence-electron chi connectivity index (χ2n) is 6.81. The number of pyridine rings is 1. The molecule has 9 heteroatoms. The van der Waals surface area contributed by atoms with E-state index in [2.05, 4.69) is 28.7 Å². The fraction of sp³-hybridized carbons (Fsp3) is 0.316. The zero-order valence-corrected chi connectivity index (χ0v) is 17.6. The molecule has 0 aliphatic carbocycles. The van der Waals surface area contributed by atoms with Gasteiger partial charge in [-0.2, -0.15) is 9.82 Å². The Bertz CT molecular complexity index is 1020. The number of amides is 1. The van der Waals surface area contributed by atoms with E-state index in [1.54, 1.807) is 29.1 Å². The van der Waals surface area contributed by atoms with Crippen LogP contribution < -0.4 is 9.46 Å². The number of nitrogens with one attached hydrogen (secondary N) is 1. The van der Waals surface area contributed by atoms with Crippen molar-refractivity contribution >= 4 is 39.8 Å². The molecule has 3 aromatic rings. The second-order valence-corrected chi connectivity index (χ2v) is 8.32. The summed E-state index contributed by atoms with van der Waals surface area (Å²) >= 11 is 4.92. The van der Waals surface area contributed by atoms with Crippen LogP contribution in [0, 0.1) is 5.92 Å². The molecule has 1 amide bonds. The first kappa shape index (κ1) is 20.4. The summed E-state index contributed by atoms with van der Waals surface area (Å²) in [6.07, 6.45) is 3.10. The fourth-order valence-corrected chi connectivity index (χ4v) is 3.38. The first-order valence-corrected chi connectivity index (χ1v) is 10.6. The van der Waals surface area contributed by atoms with Crippen molar-refractivity contribution in [3.8, 4) is 17.1 Å². The van der Waals surface area contributed by atoms with Gasteiger partial charge in [-0.1, -0.05) is 25.4 Å². The van der Waals surface area contributed by atoms with Gasteiger partial charge in [-0.3, -0.25) is 9.48 Å². The molecule has 1 unspecified atom stereocenters. The molecule has 1 atom stereocenters. The lowest BCUT2D eigenvalue weighted by molar-refractivity contribution is 0.0981. The van der Waals surface area contributed by atoms with Crippen molar-refractivity contribution in [3.05, 3.63) is 41.0 Å². The first-order valence-electron chi connectivity index (χ1n) is 8.66. The van der Waals surface area contributed by atoms with Crippen LogP contribution >= 0.6 is 11.6 Å². The Morgan fingerprint density at radius 1 is 1.39 bits per heavy atom. The Hall–Kier alpha value is -2.29. The minimum atomic E-state index is -1.43. The fourth-order valence-electron chi connectivity index (χ4n) is 2.78. The maximum Gasteiger partial charge on any atom is 0.292 e. The van der Waals surface area contributed by atoms with E-state index in [1.807, 2.05) is 13.1 Å². The lowest BCUT2D eigenvalue weighted by Crippen LogP contribution is -2.29. The van der Waals surface area contributed by atoms with E-state index in [1.165, 1.54) is 6.26 Å². The van der Waals surface area contributed by atoms with Crippen LogP contribution in [0.2, 0.25) is 5.02 Å². The average molecular weight is 421 g/mol. The molecule has 7 nitrogen and oxygen atoms in total. The van der Waals surface area contributed by atoms with Gasteiger partial charge in [0.25, 0.3) is 5.91 Å². The van der Waals surface area contributed by atoms with E-state index in [0.717, 1.165) is 16.6 Å². The molecule has 0 fully saturated rings. The number of rotatable bonds is 6. The van der Waals surface area contributed by atoms with E-state index in [9.17, 15) is 9.35 Å². The molecular weight excluding hydrogens is 400 g/mol. The molecule has 0 bridgehead atoms. The van der Waals surface area contributed by atoms with E-state index in [-0.39, 0.29) is 0 Å². The maximum atomic E-state index is 12.1. The zero-order chi connectivity index (χ0) is 20.4. The van der Waals surface area contributed by atoms with E-state index < -0.39 is 17.3 Å². The Morgan fingerprint density at radius 2 is 2.14 bits per heavy atom. The lowest BCUT2D eigenvalue weighted by Gasteiger charge is -2.10. The highest BCUT2D eigenvalue weighted by molar-refractivity contribution is 7.89. The molecule has 3 rings (SSSR count). The summed E-state index contributed by atoms with van der Waals surface area (Å²) in [5, 5.41) is 5.76. The predicted molar refractivity (Wildman–Crippen MR) is 111 cm³/mol. The normalized spacial score (nSPS) is 12.4. The monoisotopic (exact) mass is 420 g/mol. The van der Waals surface area contributed by atoms with E-state index >= 15 is 0 Å². The highest BCUT2D eigenvalue weighted by Gasteiger charge is 2.17. The van der Waals surface area contributed by atoms with Crippen molar-refractivity contribution < 1.29 is 14.1 Å². The number of hydrogen-bond acceptors (Lipinski definition) is 5. The number of nitrogens with zero attached hydrogens (tertiary/aromatic N) is 3. The van der Waals surface area contributed by atoms with E-state index in [4.69, 9.17) is 16.3 Å². The van der Waals surface area contributed by atoms with Crippen molar-refractivity contribution in [2.45, 2.75) is 13.8 Å². The van der Waals surface area contributed by atoms with Crippen LogP contribution in [0.5, 0.6) is 5.88 Å². The third kappa shape index (κ3) is 4.40. The Labute approximate surface area is 171 Å². The summed E-state index contributed by atoms with van der Waals surface area (Å²) in [6, 6.07) is 6.94. The van der Waals surface area contributed by atoms with Crippen LogP contribution in [0.3, 0.4) is 0 Å². The number of hydrogen-bond donors (Lipinski definition) is 1. The van der Waals surface area contributed by atoms with Gasteiger partial charge < -0.3 is 9.29 Å². The van der Waals surface area contributed by atoms with Crippen LogP contribution in [-0.4, -0.2) is 38.1 Å². The van der Waals surface area contributed by atoms with Crippen LogP contribution in [0.25, 0.3) is 22.2 Å². The van der Waals surface area contributed by atoms with Gasteiger partial charge >= 0.3 is 0 Å². The number of halogens is 1. The van der Waals surface area contributed by atoms with Crippen LogP contribution in [0.1, 0.15) is 24.2 Å². The molecule has 0 saturated heterocycles. The molecule has 0 radical (unpaired) electrons. The van der Waals surface area contributed by atoms with Crippen LogP contribution in [-0.2, 0) is 18.4 Å². The largest absolute Gasteiger partial charge is 0.593 e. The molecule has 2 aromatic heterocycles. The van der Waals surface area contributed by atoms with Gasteiger partial charge in [0.05, 0.1) is 29.2 Å². The number of ether oxygens (including phenoxy) is 1. The maximum absolute atomic E-state index is 12.1. The van der Waals surface area contributed by atoms with Crippen molar-refractivity contribution in [1.29, 1.82) is 0 Å². The van der Waals surface area contributed by atoms with Gasteiger partial charge in [-0.05, 0) is 30.2 Å². The predicted octanol–water partition coefficient (Wildman–Crippen LogP) is 3.35. The number of aryl methyl sites for hydroxylation is 1. The van der Waals surface area contributed by atoms with Crippen molar-refractivity contribution in [1.82, 2.24) is 19.5 Å². The van der Waals surface area contributed by atoms with Crippen molar-refractivity contribution in [2.75, 3.05) is 12.9 Å². The minimum absolute atomic E-state index is 0.370. The molecule has 28 heavy (non-hydrogen) atoms. The Kier molecular flexibility index (Phi) is 6.12. The quantitative estimate of drug-likeness (QED) is 0.617. The SMILES string of the molecule is CC(C)COc1ncc(-c2c3ccc(C(=O)N[S+](C)[O-])cc3nn2C)cc1Cl. The summed E-state index contributed by atoms with van der Waals surface area (Å²) in [4.78, 5) is 16.4. The highest BCUT2D eigenvalue weighted by Crippen LogP contribution is 2.32. The minimum Gasteiger partial charge on any atom is -0.593 e. The molecule has 0 saturated carbocycles. The smallest absolute Gasteiger partial charge is 0.292 e. The number of carbonyl (C=O) groups is 1. The average Bonchev–Trinajstić information content (AvgIpc) is 2.94. The standard InChI is InChI=1S/C19H21ClN4O3S/c1-11(2)10-27-19-15(20)7-13(9-21-19)17-14-6-5-12(18(25)23-28(4)26)8-16(14)22-24(17)3/h5-9,11H,10H2,1-4H3,(H,23,25). The van der Waals surface area contributed by atoms with Crippen LogP contribution in [0.4, 0.5) is 0 Å². The number of benzene rings is 1. The third-order valence-corrected chi connectivity index (χ3v) is 4.71. The van der Waals surface area contributed by atoms with Gasteiger partial charge in [0.1, 0.15) is 11.3 Å². The zero-order valence-electron chi connectivity index (χ0n) is 16.0. The Balaban J connectivity index is 1.96. The Morgan fingerprint density at radius 3 is 2.79 bits per heavy atom. The van der Waals surface area contributed by atoms with Gasteiger partial charge in [-0.25, -0.2) is 4.98 Å². The molecule has 0 aliphatic heterocycles. The molecule has 0 spiro atoms. The van der Waals surface area contributed by atoms with Crippen molar-refractivity contribution in [2.24, 2.45) is 13.0 Å². The van der Waals surface area contributed by atoms with Gasteiger partial charge in [0.15, 0.2) is 0 Å². The van der Waals surface area contributed by atoms with Gasteiger partial charge in [0, 0.05) is 29.8 Å². The third-order valence-electron chi connectivity index (χ3n) is 3.97. The van der Waals surface area contributed by atoms with E-state index in [0.29, 0.717) is 34.5 Å². The number of fused-ring (bicyclic) bond motifs is 1.